The maximum absolute atomic E-state index is 4.01. The first-order valence-corrected chi connectivity index (χ1v) is 5.33. The normalized spacial score (nSPS) is 12.9. The first-order valence-electron chi connectivity index (χ1n) is 4.45. The zero-order valence-electron chi connectivity index (χ0n) is 8.37. The Morgan fingerprint density at radius 1 is 1.54 bits per heavy atom. The lowest BCUT2D eigenvalue weighted by Gasteiger charge is -2.19. The molecule has 3 heteroatoms. The third kappa shape index (κ3) is 2.84. The zero-order chi connectivity index (χ0) is 9.84. The Balaban J connectivity index is 2.52. The number of aromatic nitrogens is 1. The summed E-state index contributed by atoms with van der Waals surface area (Å²) in [5.74, 6) is 0.615. The lowest BCUT2D eigenvalue weighted by atomic mass is 10.1. The minimum atomic E-state index is 0.453. The fraction of sp³-hybridized carbons (Fsp3) is 0.500. The second-order valence-electron chi connectivity index (χ2n) is 3.52. The lowest BCUT2D eigenvalue weighted by Crippen LogP contribution is -2.28. The van der Waals surface area contributed by atoms with E-state index in [9.17, 15) is 0 Å². The monoisotopic (exact) mass is 196 g/mol. The molecule has 1 N–H and O–H groups in total. The van der Waals surface area contributed by atoms with Crippen LogP contribution in [0.3, 0.4) is 0 Å². The number of hydrogen-bond donors (Lipinski definition) is 1. The van der Waals surface area contributed by atoms with Crippen LogP contribution in [-0.2, 0) is 0 Å². The fourth-order valence-electron chi connectivity index (χ4n) is 0.877. The van der Waals surface area contributed by atoms with Gasteiger partial charge in [0.05, 0.1) is 10.4 Å². The van der Waals surface area contributed by atoms with Crippen molar-refractivity contribution >= 4 is 17.0 Å². The predicted molar refractivity (Wildman–Crippen MR) is 58.6 cm³/mol. The van der Waals surface area contributed by atoms with Gasteiger partial charge in [0, 0.05) is 17.9 Å². The molecule has 0 aliphatic carbocycles. The van der Waals surface area contributed by atoms with Crippen molar-refractivity contribution in [3.63, 3.8) is 0 Å². The van der Waals surface area contributed by atoms with Crippen LogP contribution in [0.4, 0.5) is 0 Å². The van der Waals surface area contributed by atoms with Crippen molar-refractivity contribution in [1.29, 1.82) is 0 Å². The topological polar surface area (TPSA) is 24.9 Å². The van der Waals surface area contributed by atoms with E-state index in [1.54, 1.807) is 11.3 Å². The van der Waals surface area contributed by atoms with E-state index < -0.39 is 0 Å². The molecule has 0 unspecified atom stereocenters. The second kappa shape index (κ2) is 4.42. The van der Waals surface area contributed by atoms with Gasteiger partial charge in [0.15, 0.2) is 0 Å². The summed E-state index contributed by atoms with van der Waals surface area (Å²) in [5, 5.41) is 3.36. The molecule has 0 bridgehead atoms. The molecular weight excluding hydrogens is 180 g/mol. The van der Waals surface area contributed by atoms with E-state index in [1.165, 1.54) is 0 Å². The molecule has 0 spiro atoms. The molecule has 0 aliphatic rings. The van der Waals surface area contributed by atoms with Gasteiger partial charge in [-0.05, 0) is 12.8 Å². The third-order valence-electron chi connectivity index (χ3n) is 2.13. The van der Waals surface area contributed by atoms with Crippen LogP contribution in [0.2, 0.25) is 0 Å². The summed E-state index contributed by atoms with van der Waals surface area (Å²) in [7, 11) is 0. The number of rotatable bonds is 4. The Morgan fingerprint density at radius 3 is 2.69 bits per heavy atom. The van der Waals surface area contributed by atoms with Crippen LogP contribution in [0, 0.1) is 5.92 Å². The fourth-order valence-corrected chi connectivity index (χ4v) is 1.44. The van der Waals surface area contributed by atoms with Gasteiger partial charge in [-0.3, -0.25) is 4.98 Å². The predicted octanol–water partition coefficient (Wildman–Crippen LogP) is 2.75. The molecule has 0 radical (unpaired) electrons. The Labute approximate surface area is 83.7 Å². The molecule has 0 aromatic carbocycles. The van der Waals surface area contributed by atoms with Crippen molar-refractivity contribution in [2.24, 2.45) is 5.92 Å². The second-order valence-corrected chi connectivity index (χ2v) is 4.41. The molecule has 2 nitrogen and oxygen atoms in total. The average molecular weight is 196 g/mol. The van der Waals surface area contributed by atoms with E-state index in [1.807, 2.05) is 11.7 Å². The van der Waals surface area contributed by atoms with Crippen LogP contribution in [0.1, 0.15) is 25.6 Å². The molecule has 1 heterocycles. The van der Waals surface area contributed by atoms with Gasteiger partial charge < -0.3 is 5.32 Å². The molecule has 13 heavy (non-hydrogen) atoms. The largest absolute Gasteiger partial charge is 0.382 e. The third-order valence-corrected chi connectivity index (χ3v) is 2.96. The van der Waals surface area contributed by atoms with Crippen LogP contribution in [-0.4, -0.2) is 11.0 Å². The molecule has 1 rings (SSSR count). The molecule has 72 valence electrons. The summed E-state index contributed by atoms with van der Waals surface area (Å²) in [5.41, 5.74) is 2.80. The van der Waals surface area contributed by atoms with Gasteiger partial charge in [-0.25, -0.2) is 0 Å². The SMILES string of the molecule is C=C(N[C@H](C)C(C)C)c1cncs1. The summed E-state index contributed by atoms with van der Waals surface area (Å²) < 4.78 is 0. The standard InChI is InChI=1S/C10H16N2S/c1-7(2)8(3)12-9(4)10-5-11-6-13-10/h5-8,12H,4H2,1-3H3/t8-/m1/s1. The van der Waals surface area contributed by atoms with Crippen LogP contribution in [0.25, 0.3) is 5.70 Å². The van der Waals surface area contributed by atoms with E-state index >= 15 is 0 Å². The summed E-state index contributed by atoms with van der Waals surface area (Å²) >= 11 is 1.61. The Kier molecular flexibility index (Phi) is 3.48. The van der Waals surface area contributed by atoms with E-state index in [4.69, 9.17) is 0 Å². The van der Waals surface area contributed by atoms with Gasteiger partial charge in [0.1, 0.15) is 0 Å². The van der Waals surface area contributed by atoms with Crippen LogP contribution >= 0.6 is 11.3 Å². The number of hydrogen-bond acceptors (Lipinski definition) is 3. The molecule has 0 saturated heterocycles. The van der Waals surface area contributed by atoms with Crippen molar-refractivity contribution in [2.45, 2.75) is 26.8 Å². The van der Waals surface area contributed by atoms with E-state index in [0.29, 0.717) is 12.0 Å². The number of nitrogens with one attached hydrogen (secondary N) is 1. The van der Waals surface area contributed by atoms with Gasteiger partial charge in [0.25, 0.3) is 0 Å². The quantitative estimate of drug-likeness (QED) is 0.801. The van der Waals surface area contributed by atoms with Gasteiger partial charge in [-0.1, -0.05) is 20.4 Å². The highest BCUT2D eigenvalue weighted by molar-refractivity contribution is 7.10. The van der Waals surface area contributed by atoms with Crippen molar-refractivity contribution < 1.29 is 0 Å². The van der Waals surface area contributed by atoms with Crippen LogP contribution in [0.5, 0.6) is 0 Å². The molecule has 0 aliphatic heterocycles. The Morgan fingerprint density at radius 2 is 2.23 bits per heavy atom. The number of thiazole rings is 1. The van der Waals surface area contributed by atoms with Crippen molar-refractivity contribution in [3.8, 4) is 0 Å². The van der Waals surface area contributed by atoms with E-state index in [-0.39, 0.29) is 0 Å². The first kappa shape index (κ1) is 10.3. The van der Waals surface area contributed by atoms with E-state index in [0.717, 1.165) is 10.6 Å². The molecule has 0 amide bonds. The zero-order valence-corrected chi connectivity index (χ0v) is 9.19. The Hall–Kier alpha value is -0.830. The van der Waals surface area contributed by atoms with E-state index in [2.05, 4.69) is 37.7 Å². The lowest BCUT2D eigenvalue weighted by molar-refractivity contribution is 0.481. The average Bonchev–Trinajstić information content (AvgIpc) is 2.55. The molecular formula is C10H16N2S. The van der Waals surface area contributed by atoms with Crippen LogP contribution in [0.15, 0.2) is 18.3 Å². The van der Waals surface area contributed by atoms with Gasteiger partial charge in [-0.15, -0.1) is 11.3 Å². The highest BCUT2D eigenvalue weighted by Gasteiger charge is 2.08. The highest BCUT2D eigenvalue weighted by Crippen LogP contribution is 2.15. The molecule has 1 aromatic heterocycles. The van der Waals surface area contributed by atoms with Crippen molar-refractivity contribution in [3.05, 3.63) is 23.2 Å². The van der Waals surface area contributed by atoms with Crippen molar-refractivity contribution in [2.75, 3.05) is 0 Å². The summed E-state index contributed by atoms with van der Waals surface area (Å²) in [6, 6.07) is 0.453. The van der Waals surface area contributed by atoms with Crippen molar-refractivity contribution in [1.82, 2.24) is 10.3 Å². The summed E-state index contributed by atoms with van der Waals surface area (Å²) in [6.45, 7) is 10.5. The van der Waals surface area contributed by atoms with Gasteiger partial charge in [-0.2, -0.15) is 0 Å². The molecule has 0 fully saturated rings. The minimum absolute atomic E-state index is 0.453. The maximum atomic E-state index is 4.01. The minimum Gasteiger partial charge on any atom is -0.382 e. The summed E-state index contributed by atoms with van der Waals surface area (Å²) in [6.07, 6.45) is 1.84. The Bertz CT molecular complexity index is 264. The number of nitrogens with zero attached hydrogens (tertiary/aromatic N) is 1. The molecule has 1 atom stereocenters. The first-order chi connectivity index (χ1) is 6.11. The highest BCUT2D eigenvalue weighted by atomic mass is 32.1. The summed E-state index contributed by atoms with van der Waals surface area (Å²) in [4.78, 5) is 5.13. The smallest absolute Gasteiger partial charge is 0.0798 e. The van der Waals surface area contributed by atoms with Gasteiger partial charge in [0.2, 0.25) is 0 Å². The van der Waals surface area contributed by atoms with Crippen LogP contribution < -0.4 is 5.32 Å². The van der Waals surface area contributed by atoms with Gasteiger partial charge >= 0.3 is 0 Å². The molecule has 0 saturated carbocycles. The molecule has 1 aromatic rings. The maximum Gasteiger partial charge on any atom is 0.0798 e.